The predicted octanol–water partition coefficient (Wildman–Crippen LogP) is 3.30. The molecule has 0 spiro atoms. The summed E-state index contributed by atoms with van der Waals surface area (Å²) in [6, 6.07) is 12.3. The molecule has 0 saturated carbocycles. The number of rotatable bonds is 10. The Hall–Kier alpha value is -3.22. The quantitative estimate of drug-likeness (QED) is 0.500. The summed E-state index contributed by atoms with van der Waals surface area (Å²) in [6.45, 7) is 1.38. The monoisotopic (exact) mass is 387 g/mol. The smallest absolute Gasteiger partial charge is 0.323 e. The highest BCUT2D eigenvalue weighted by atomic mass is 19.1. The van der Waals surface area contributed by atoms with E-state index in [0.717, 1.165) is 0 Å². The van der Waals surface area contributed by atoms with Crippen molar-refractivity contribution in [1.29, 1.82) is 0 Å². The van der Waals surface area contributed by atoms with E-state index in [4.69, 9.17) is 9.84 Å². The van der Waals surface area contributed by atoms with Crippen molar-refractivity contribution < 1.29 is 28.6 Å². The fourth-order valence-electron chi connectivity index (χ4n) is 2.58. The van der Waals surface area contributed by atoms with Crippen LogP contribution in [0.25, 0.3) is 0 Å². The van der Waals surface area contributed by atoms with Gasteiger partial charge in [-0.05, 0) is 43.2 Å². The zero-order chi connectivity index (χ0) is 20.5. The molecule has 0 aromatic heterocycles. The molecule has 7 heteroatoms. The van der Waals surface area contributed by atoms with Crippen molar-refractivity contribution in [3.05, 3.63) is 65.5 Å². The number of benzene rings is 2. The fourth-order valence-corrected chi connectivity index (χ4v) is 2.58. The lowest BCUT2D eigenvalue weighted by molar-refractivity contribution is -0.145. The maximum Gasteiger partial charge on any atom is 0.323 e. The first kappa shape index (κ1) is 21.1. The van der Waals surface area contributed by atoms with Crippen molar-refractivity contribution in [2.75, 3.05) is 13.2 Å². The van der Waals surface area contributed by atoms with Crippen LogP contribution in [0.3, 0.4) is 0 Å². The first-order chi connectivity index (χ1) is 13.3. The molecule has 2 aromatic rings. The van der Waals surface area contributed by atoms with Crippen molar-refractivity contribution >= 4 is 17.7 Å². The summed E-state index contributed by atoms with van der Waals surface area (Å²) in [4.78, 5) is 36.0. The van der Waals surface area contributed by atoms with Crippen LogP contribution in [0, 0.1) is 5.82 Å². The summed E-state index contributed by atoms with van der Waals surface area (Å²) < 4.78 is 18.6. The lowest BCUT2D eigenvalue weighted by Gasteiger charge is -2.21. The van der Waals surface area contributed by atoms with Gasteiger partial charge in [0.15, 0.2) is 5.78 Å². The number of carbonyl (C=O) groups is 3. The third-order valence-electron chi connectivity index (χ3n) is 4.01. The second-order valence-electron chi connectivity index (χ2n) is 6.31. The second kappa shape index (κ2) is 10.2. The highest BCUT2D eigenvalue weighted by Gasteiger charge is 2.17. The van der Waals surface area contributed by atoms with Crippen LogP contribution in [0.5, 0.6) is 5.75 Å². The molecule has 6 nitrogen and oxygen atoms in total. The fraction of sp³-hybridized carbons (Fsp3) is 0.286. The van der Waals surface area contributed by atoms with Crippen LogP contribution in [0.1, 0.15) is 35.7 Å². The van der Waals surface area contributed by atoms with Crippen LogP contribution in [0.2, 0.25) is 0 Å². The van der Waals surface area contributed by atoms with Gasteiger partial charge in [0.2, 0.25) is 5.91 Å². The highest BCUT2D eigenvalue weighted by Crippen LogP contribution is 2.15. The standard InChI is InChI=1S/C21H22FNO5/c1-15(24)17-4-2-5-19(12-17)28-11-3-6-20(25)23(14-21(26)27)13-16-7-9-18(22)10-8-16/h2,4-5,7-10,12H,3,6,11,13-14H2,1H3,(H,26,27). The number of carboxylic acids is 1. The molecule has 0 atom stereocenters. The van der Waals surface area contributed by atoms with E-state index in [-0.39, 0.29) is 31.3 Å². The first-order valence-electron chi connectivity index (χ1n) is 8.83. The summed E-state index contributed by atoms with van der Waals surface area (Å²) in [5, 5.41) is 9.04. The number of carbonyl (C=O) groups excluding carboxylic acids is 2. The van der Waals surface area contributed by atoms with Crippen molar-refractivity contribution in [2.45, 2.75) is 26.3 Å². The van der Waals surface area contributed by atoms with Gasteiger partial charge in [0.25, 0.3) is 0 Å². The minimum absolute atomic E-state index is 0.0641. The largest absolute Gasteiger partial charge is 0.494 e. The van der Waals surface area contributed by atoms with E-state index in [1.54, 1.807) is 24.3 Å². The Kier molecular flexibility index (Phi) is 7.68. The topological polar surface area (TPSA) is 83.9 Å². The summed E-state index contributed by atoms with van der Waals surface area (Å²) in [5.74, 6) is -1.37. The first-order valence-corrected chi connectivity index (χ1v) is 8.83. The molecule has 2 aromatic carbocycles. The molecule has 0 bridgehead atoms. The number of hydrogen-bond acceptors (Lipinski definition) is 4. The Morgan fingerprint density at radius 1 is 1.11 bits per heavy atom. The molecule has 0 aliphatic heterocycles. The molecular formula is C21H22FNO5. The summed E-state index contributed by atoms with van der Waals surface area (Å²) in [7, 11) is 0. The van der Waals surface area contributed by atoms with E-state index >= 15 is 0 Å². The Morgan fingerprint density at radius 2 is 1.82 bits per heavy atom. The molecule has 28 heavy (non-hydrogen) atoms. The van der Waals surface area contributed by atoms with Crippen LogP contribution in [-0.2, 0) is 16.1 Å². The van der Waals surface area contributed by atoms with E-state index in [2.05, 4.69) is 0 Å². The van der Waals surface area contributed by atoms with Gasteiger partial charge in [-0.25, -0.2) is 4.39 Å². The van der Waals surface area contributed by atoms with Gasteiger partial charge in [0, 0.05) is 18.5 Å². The number of halogens is 1. The molecule has 0 fully saturated rings. The maximum atomic E-state index is 13.0. The highest BCUT2D eigenvalue weighted by molar-refractivity contribution is 5.94. The Balaban J connectivity index is 1.87. The maximum absolute atomic E-state index is 13.0. The number of aliphatic carboxylic acids is 1. The lowest BCUT2D eigenvalue weighted by atomic mass is 10.1. The predicted molar refractivity (Wildman–Crippen MR) is 101 cm³/mol. The molecule has 0 radical (unpaired) electrons. The molecule has 0 aliphatic rings. The van der Waals surface area contributed by atoms with Crippen LogP contribution >= 0.6 is 0 Å². The molecule has 1 amide bonds. The Bertz CT molecular complexity index is 835. The number of ether oxygens (including phenoxy) is 1. The Labute approximate surface area is 162 Å². The van der Waals surface area contributed by atoms with Gasteiger partial charge in [0.1, 0.15) is 18.1 Å². The minimum atomic E-state index is -1.12. The summed E-state index contributed by atoms with van der Waals surface area (Å²) in [5.41, 5.74) is 1.19. The van der Waals surface area contributed by atoms with E-state index in [1.165, 1.54) is 36.1 Å². The van der Waals surface area contributed by atoms with Gasteiger partial charge >= 0.3 is 5.97 Å². The van der Waals surface area contributed by atoms with Gasteiger partial charge in [0.05, 0.1) is 6.61 Å². The number of hydrogen-bond donors (Lipinski definition) is 1. The minimum Gasteiger partial charge on any atom is -0.494 e. The number of amides is 1. The molecule has 0 heterocycles. The molecule has 1 N–H and O–H groups in total. The van der Waals surface area contributed by atoms with E-state index in [1.807, 2.05) is 0 Å². The molecular weight excluding hydrogens is 365 g/mol. The number of Topliss-reactive ketones (excluding diaryl/α,β-unsaturated/α-hetero) is 1. The average Bonchev–Trinajstić information content (AvgIpc) is 2.66. The lowest BCUT2D eigenvalue weighted by Crippen LogP contribution is -2.35. The van der Waals surface area contributed by atoms with E-state index in [9.17, 15) is 18.8 Å². The van der Waals surface area contributed by atoms with Gasteiger partial charge in [-0.3, -0.25) is 14.4 Å². The van der Waals surface area contributed by atoms with Crippen LogP contribution < -0.4 is 4.74 Å². The van der Waals surface area contributed by atoms with Gasteiger partial charge in [-0.1, -0.05) is 24.3 Å². The van der Waals surface area contributed by atoms with Gasteiger partial charge < -0.3 is 14.7 Å². The van der Waals surface area contributed by atoms with Crippen molar-refractivity contribution in [1.82, 2.24) is 4.90 Å². The van der Waals surface area contributed by atoms with Crippen molar-refractivity contribution in [2.24, 2.45) is 0 Å². The SMILES string of the molecule is CC(=O)c1cccc(OCCCC(=O)N(CC(=O)O)Cc2ccc(F)cc2)c1. The van der Waals surface area contributed by atoms with Crippen LogP contribution in [-0.4, -0.2) is 40.8 Å². The summed E-state index contributed by atoms with van der Waals surface area (Å²) in [6.07, 6.45) is 0.504. The number of nitrogens with zero attached hydrogens (tertiary/aromatic N) is 1. The van der Waals surface area contributed by atoms with Gasteiger partial charge in [-0.15, -0.1) is 0 Å². The molecule has 2 rings (SSSR count). The zero-order valence-corrected chi connectivity index (χ0v) is 15.6. The molecule has 0 aliphatic carbocycles. The van der Waals surface area contributed by atoms with Crippen LogP contribution in [0.4, 0.5) is 4.39 Å². The number of ketones is 1. The van der Waals surface area contributed by atoms with Crippen LogP contribution in [0.15, 0.2) is 48.5 Å². The molecule has 0 unspecified atom stereocenters. The van der Waals surface area contributed by atoms with Crippen molar-refractivity contribution in [3.8, 4) is 5.75 Å². The third kappa shape index (κ3) is 6.83. The van der Waals surface area contributed by atoms with E-state index in [0.29, 0.717) is 23.3 Å². The third-order valence-corrected chi connectivity index (χ3v) is 4.01. The Morgan fingerprint density at radius 3 is 2.46 bits per heavy atom. The van der Waals surface area contributed by atoms with Gasteiger partial charge in [-0.2, -0.15) is 0 Å². The molecule has 148 valence electrons. The molecule has 0 saturated heterocycles. The normalized spacial score (nSPS) is 10.4. The zero-order valence-electron chi connectivity index (χ0n) is 15.6. The second-order valence-corrected chi connectivity index (χ2v) is 6.31. The van der Waals surface area contributed by atoms with Crippen molar-refractivity contribution in [3.63, 3.8) is 0 Å². The summed E-state index contributed by atoms with van der Waals surface area (Å²) >= 11 is 0. The van der Waals surface area contributed by atoms with E-state index < -0.39 is 18.3 Å². The average molecular weight is 387 g/mol. The number of carboxylic acid groups (broad SMARTS) is 1.